The first-order chi connectivity index (χ1) is 20.4. The second kappa shape index (κ2) is 17.9. The Hall–Kier alpha value is -3.73. The van der Waals surface area contributed by atoms with Crippen molar-refractivity contribution in [3.8, 4) is 16.9 Å². The summed E-state index contributed by atoms with van der Waals surface area (Å²) in [4.78, 5) is 37.7. The number of carbonyl (C=O) groups excluding carboxylic acids is 3. The van der Waals surface area contributed by atoms with Crippen LogP contribution in [0.2, 0.25) is 0 Å². The Labute approximate surface area is 251 Å². The Bertz CT molecular complexity index is 1240. The molecule has 0 spiro atoms. The van der Waals surface area contributed by atoms with Crippen LogP contribution in [0.15, 0.2) is 72.8 Å². The number of hydrogen-bond acceptors (Lipinski definition) is 5. The number of esters is 2. The topological polar surface area (TPSA) is 69.7 Å². The Morgan fingerprint density at radius 3 is 1.64 bits per heavy atom. The van der Waals surface area contributed by atoms with Crippen LogP contribution in [0.5, 0.6) is 5.75 Å². The molecule has 0 radical (unpaired) electrons. The van der Waals surface area contributed by atoms with Gasteiger partial charge >= 0.3 is 11.9 Å². The zero-order chi connectivity index (χ0) is 30.2. The smallest absolute Gasteiger partial charge is 0.343 e. The van der Waals surface area contributed by atoms with Crippen molar-refractivity contribution in [2.75, 3.05) is 0 Å². The monoisotopic (exact) mass is 570 g/mol. The zero-order valence-electron chi connectivity index (χ0n) is 25.5. The number of hydrogen-bond donors (Lipinski definition) is 0. The summed E-state index contributed by atoms with van der Waals surface area (Å²) in [6.07, 6.45) is 12.9. The average molecular weight is 571 g/mol. The van der Waals surface area contributed by atoms with Gasteiger partial charge in [0, 0.05) is 12.0 Å². The molecule has 0 aliphatic heterocycles. The van der Waals surface area contributed by atoms with E-state index in [1.54, 1.807) is 36.4 Å². The molecule has 0 saturated carbocycles. The minimum atomic E-state index is -0.479. The van der Waals surface area contributed by atoms with Crippen LogP contribution >= 0.6 is 0 Å². The largest absolute Gasteiger partial charge is 0.459 e. The zero-order valence-corrected chi connectivity index (χ0v) is 25.5. The van der Waals surface area contributed by atoms with Crippen molar-refractivity contribution in [1.29, 1.82) is 0 Å². The second-order valence-electron chi connectivity index (χ2n) is 11.1. The number of carbonyl (C=O) groups is 3. The van der Waals surface area contributed by atoms with Crippen LogP contribution in [0, 0.1) is 0 Å². The standard InChI is InChI=1S/C37H46O5/c1-4-6-8-10-11-13-15-35(38)31-20-16-29(17-21-31)30-18-22-32(23-19-30)37(40)42-34-26-24-33(25-27-34)36(39)41-28(3)14-12-9-7-5-2/h16-28H,4-15H2,1-3H3. The van der Waals surface area contributed by atoms with Gasteiger partial charge in [-0.3, -0.25) is 4.79 Å². The summed E-state index contributed by atoms with van der Waals surface area (Å²) < 4.78 is 11.1. The highest BCUT2D eigenvalue weighted by atomic mass is 16.5. The lowest BCUT2D eigenvalue weighted by atomic mass is 9.99. The Morgan fingerprint density at radius 1 is 0.571 bits per heavy atom. The van der Waals surface area contributed by atoms with E-state index in [9.17, 15) is 14.4 Å². The SMILES string of the molecule is CCCCCCCCC(=O)c1ccc(-c2ccc(C(=O)Oc3ccc(C(=O)OC(C)CCCCCC)cc3)cc2)cc1. The van der Waals surface area contributed by atoms with Crippen molar-refractivity contribution >= 4 is 17.7 Å². The molecule has 0 aliphatic carbocycles. The van der Waals surface area contributed by atoms with Crippen LogP contribution in [-0.4, -0.2) is 23.8 Å². The lowest BCUT2D eigenvalue weighted by molar-refractivity contribution is 0.0319. The van der Waals surface area contributed by atoms with E-state index in [2.05, 4.69) is 13.8 Å². The van der Waals surface area contributed by atoms with Crippen molar-refractivity contribution in [3.05, 3.63) is 89.5 Å². The van der Waals surface area contributed by atoms with Gasteiger partial charge in [0.25, 0.3) is 0 Å². The number of unbranched alkanes of at least 4 members (excludes halogenated alkanes) is 8. The molecule has 0 N–H and O–H groups in total. The fourth-order valence-corrected chi connectivity index (χ4v) is 4.85. The van der Waals surface area contributed by atoms with E-state index in [-0.39, 0.29) is 17.9 Å². The number of Topliss-reactive ketones (excluding diaryl/α,β-unsaturated/α-hetero) is 1. The van der Waals surface area contributed by atoms with E-state index in [1.807, 2.05) is 43.3 Å². The Morgan fingerprint density at radius 2 is 1.05 bits per heavy atom. The molecule has 0 heterocycles. The molecule has 5 heteroatoms. The lowest BCUT2D eigenvalue weighted by Gasteiger charge is -2.13. The molecule has 3 aromatic carbocycles. The molecule has 3 aromatic rings. The third-order valence-electron chi connectivity index (χ3n) is 7.49. The summed E-state index contributed by atoms with van der Waals surface area (Å²) in [5, 5.41) is 0. The molecule has 0 amide bonds. The summed E-state index contributed by atoms with van der Waals surface area (Å²) in [5.74, 6) is -0.309. The minimum absolute atomic E-state index is 0.134. The maximum absolute atomic E-state index is 12.7. The van der Waals surface area contributed by atoms with Gasteiger partial charge in [-0.1, -0.05) is 102 Å². The molecular weight excluding hydrogens is 524 g/mol. The maximum atomic E-state index is 12.7. The third-order valence-corrected chi connectivity index (χ3v) is 7.49. The summed E-state index contributed by atoms with van der Waals surface area (Å²) in [6.45, 7) is 6.29. The molecule has 5 nitrogen and oxygen atoms in total. The van der Waals surface area contributed by atoms with Gasteiger partial charge in [-0.2, -0.15) is 0 Å². The predicted octanol–water partition coefficient (Wildman–Crippen LogP) is 10.0. The van der Waals surface area contributed by atoms with Gasteiger partial charge < -0.3 is 9.47 Å². The number of rotatable bonds is 18. The summed E-state index contributed by atoms with van der Waals surface area (Å²) in [7, 11) is 0. The second-order valence-corrected chi connectivity index (χ2v) is 11.1. The fourth-order valence-electron chi connectivity index (χ4n) is 4.85. The molecule has 0 fully saturated rings. The highest BCUT2D eigenvalue weighted by Crippen LogP contribution is 2.23. The molecule has 224 valence electrons. The molecular formula is C37H46O5. The van der Waals surface area contributed by atoms with Gasteiger partial charge in [-0.05, 0) is 73.7 Å². The minimum Gasteiger partial charge on any atom is -0.459 e. The van der Waals surface area contributed by atoms with Gasteiger partial charge in [-0.15, -0.1) is 0 Å². The first-order valence-electron chi connectivity index (χ1n) is 15.7. The van der Waals surface area contributed by atoms with E-state index < -0.39 is 5.97 Å². The average Bonchev–Trinajstić information content (AvgIpc) is 3.01. The highest BCUT2D eigenvalue weighted by molar-refractivity contribution is 5.96. The molecule has 0 aromatic heterocycles. The maximum Gasteiger partial charge on any atom is 0.343 e. The Balaban J connectivity index is 1.47. The number of ketones is 1. The summed E-state index contributed by atoms with van der Waals surface area (Å²) >= 11 is 0. The highest BCUT2D eigenvalue weighted by Gasteiger charge is 2.14. The lowest BCUT2D eigenvalue weighted by Crippen LogP contribution is -2.15. The van der Waals surface area contributed by atoms with Gasteiger partial charge in [0.1, 0.15) is 5.75 Å². The summed E-state index contributed by atoms with van der Waals surface area (Å²) in [5.41, 5.74) is 3.51. The van der Waals surface area contributed by atoms with Crippen LogP contribution in [0.4, 0.5) is 0 Å². The first-order valence-corrected chi connectivity index (χ1v) is 15.7. The number of ether oxygens (including phenoxy) is 2. The van der Waals surface area contributed by atoms with Crippen molar-refractivity contribution in [2.45, 2.75) is 104 Å². The fraction of sp³-hybridized carbons (Fsp3) is 0.432. The summed E-state index contributed by atoms with van der Waals surface area (Å²) in [6, 6.07) is 21.3. The molecule has 0 aliphatic rings. The van der Waals surface area contributed by atoms with Crippen LogP contribution in [0.1, 0.15) is 129 Å². The molecule has 42 heavy (non-hydrogen) atoms. The molecule has 1 unspecified atom stereocenters. The quantitative estimate of drug-likeness (QED) is 0.0659. The molecule has 3 rings (SSSR count). The van der Waals surface area contributed by atoms with Gasteiger partial charge in [0.2, 0.25) is 0 Å². The molecule has 0 bridgehead atoms. The van der Waals surface area contributed by atoms with Crippen molar-refractivity contribution in [2.24, 2.45) is 0 Å². The van der Waals surface area contributed by atoms with E-state index >= 15 is 0 Å². The van der Waals surface area contributed by atoms with Gasteiger partial charge in [-0.25, -0.2) is 9.59 Å². The van der Waals surface area contributed by atoms with E-state index in [4.69, 9.17) is 9.47 Å². The van der Waals surface area contributed by atoms with E-state index in [0.29, 0.717) is 23.3 Å². The predicted molar refractivity (Wildman–Crippen MR) is 169 cm³/mol. The van der Waals surface area contributed by atoms with Gasteiger partial charge in [0.15, 0.2) is 5.78 Å². The van der Waals surface area contributed by atoms with Crippen LogP contribution < -0.4 is 4.74 Å². The normalized spacial score (nSPS) is 11.6. The van der Waals surface area contributed by atoms with E-state index in [1.165, 1.54) is 38.5 Å². The van der Waals surface area contributed by atoms with Crippen LogP contribution in [0.3, 0.4) is 0 Å². The van der Waals surface area contributed by atoms with Crippen molar-refractivity contribution < 1.29 is 23.9 Å². The van der Waals surface area contributed by atoms with Gasteiger partial charge in [0.05, 0.1) is 17.2 Å². The van der Waals surface area contributed by atoms with Crippen molar-refractivity contribution in [1.82, 2.24) is 0 Å². The Kier molecular flexibility index (Phi) is 14.0. The van der Waals surface area contributed by atoms with Crippen molar-refractivity contribution in [3.63, 3.8) is 0 Å². The van der Waals surface area contributed by atoms with E-state index in [0.717, 1.165) is 48.8 Å². The van der Waals surface area contributed by atoms with Crippen LogP contribution in [-0.2, 0) is 4.74 Å². The first kappa shape index (κ1) is 32.8. The third kappa shape index (κ3) is 10.9. The molecule has 1 atom stereocenters. The molecule has 0 saturated heterocycles. The number of benzene rings is 3. The van der Waals surface area contributed by atoms with Crippen LogP contribution in [0.25, 0.3) is 11.1 Å².